The first-order valence-electron chi connectivity index (χ1n) is 6.78. The van der Waals surface area contributed by atoms with Crippen LogP contribution in [0.15, 0.2) is 11.8 Å². The number of ether oxygens (including phenoxy) is 2. The van der Waals surface area contributed by atoms with Crippen LogP contribution < -0.4 is 0 Å². The topological polar surface area (TPSA) is 72.9 Å². The highest BCUT2D eigenvalue weighted by Crippen LogP contribution is 2.29. The summed E-state index contributed by atoms with van der Waals surface area (Å²) in [7, 11) is 1.09. The second-order valence-corrected chi connectivity index (χ2v) is 5.95. The summed E-state index contributed by atoms with van der Waals surface area (Å²) in [5.41, 5.74) is -1.53. The van der Waals surface area contributed by atoms with Gasteiger partial charge in [0, 0.05) is 11.8 Å². The van der Waals surface area contributed by atoms with Gasteiger partial charge in [-0.1, -0.05) is 0 Å². The molecule has 0 saturated carbocycles. The van der Waals surface area contributed by atoms with Crippen LogP contribution in [0.2, 0.25) is 0 Å². The molecule has 1 unspecified atom stereocenters. The molecule has 9 heteroatoms. The van der Waals surface area contributed by atoms with Gasteiger partial charge in [-0.25, -0.2) is 9.59 Å². The molecule has 1 atom stereocenters. The highest BCUT2D eigenvalue weighted by molar-refractivity contribution is 6.00. The van der Waals surface area contributed by atoms with Crippen LogP contribution in [0.5, 0.6) is 0 Å². The fraction of sp³-hybridized carbons (Fsp3) is 0.643. The van der Waals surface area contributed by atoms with Crippen molar-refractivity contribution < 1.29 is 37.0 Å². The zero-order valence-electron chi connectivity index (χ0n) is 13.2. The summed E-state index contributed by atoms with van der Waals surface area (Å²) in [6.45, 7) is 4.69. The standard InChI is InChI=1S/C14H18F3NO5/c1-13(2,3)23-12(21)18-7-8(10(19)14(15,16)17)5-6-9(18)11(20)22-4/h7,9H,5-6H2,1-4H3. The summed E-state index contributed by atoms with van der Waals surface area (Å²) in [6, 6.07) is -1.14. The van der Waals surface area contributed by atoms with Crippen LogP contribution >= 0.6 is 0 Å². The quantitative estimate of drug-likeness (QED) is 0.724. The molecular weight excluding hydrogens is 319 g/mol. The zero-order valence-corrected chi connectivity index (χ0v) is 13.2. The number of amides is 1. The van der Waals surface area contributed by atoms with E-state index in [1.165, 1.54) is 0 Å². The number of ketones is 1. The summed E-state index contributed by atoms with van der Waals surface area (Å²) in [6.07, 6.45) is -5.82. The van der Waals surface area contributed by atoms with E-state index in [2.05, 4.69) is 4.74 Å². The van der Waals surface area contributed by atoms with Gasteiger partial charge in [0.25, 0.3) is 5.78 Å². The Morgan fingerprint density at radius 3 is 2.22 bits per heavy atom. The van der Waals surface area contributed by atoms with E-state index < -0.39 is 41.2 Å². The van der Waals surface area contributed by atoms with Gasteiger partial charge in [0.05, 0.1) is 7.11 Å². The number of alkyl halides is 3. The number of nitrogens with zero attached hydrogens (tertiary/aromatic N) is 1. The summed E-state index contributed by atoms with van der Waals surface area (Å²) in [4.78, 5) is 35.8. The molecule has 0 N–H and O–H groups in total. The molecule has 23 heavy (non-hydrogen) atoms. The maximum atomic E-state index is 12.5. The Morgan fingerprint density at radius 2 is 1.78 bits per heavy atom. The average molecular weight is 337 g/mol. The number of allylic oxidation sites excluding steroid dienone is 1. The van der Waals surface area contributed by atoms with Crippen molar-refractivity contribution in [2.45, 2.75) is 51.4 Å². The van der Waals surface area contributed by atoms with E-state index >= 15 is 0 Å². The second kappa shape index (κ2) is 6.59. The van der Waals surface area contributed by atoms with Gasteiger partial charge >= 0.3 is 18.2 Å². The Balaban J connectivity index is 3.15. The molecule has 0 spiro atoms. The molecule has 0 fully saturated rings. The summed E-state index contributed by atoms with van der Waals surface area (Å²) in [5, 5.41) is 0. The van der Waals surface area contributed by atoms with Gasteiger partial charge in [-0.2, -0.15) is 13.2 Å². The van der Waals surface area contributed by atoms with Gasteiger partial charge in [0.1, 0.15) is 11.6 Å². The average Bonchev–Trinajstić information content (AvgIpc) is 2.42. The smallest absolute Gasteiger partial charge is 0.454 e. The Kier molecular flexibility index (Phi) is 5.44. The molecule has 0 aromatic heterocycles. The van der Waals surface area contributed by atoms with Crippen molar-refractivity contribution in [3.8, 4) is 0 Å². The number of hydrogen-bond acceptors (Lipinski definition) is 5. The lowest BCUT2D eigenvalue weighted by atomic mass is 9.97. The van der Waals surface area contributed by atoms with Crippen molar-refractivity contribution in [3.05, 3.63) is 11.8 Å². The van der Waals surface area contributed by atoms with Crippen LogP contribution in [0.3, 0.4) is 0 Å². The minimum Gasteiger partial charge on any atom is -0.467 e. The number of halogens is 3. The SMILES string of the molecule is COC(=O)C1CCC(C(=O)C(F)(F)F)=CN1C(=O)OC(C)(C)C. The lowest BCUT2D eigenvalue weighted by Crippen LogP contribution is -2.47. The Hall–Kier alpha value is -2.06. The second-order valence-electron chi connectivity index (χ2n) is 5.95. The third kappa shape index (κ3) is 4.97. The van der Waals surface area contributed by atoms with Gasteiger partial charge in [-0.3, -0.25) is 9.69 Å². The van der Waals surface area contributed by atoms with Crippen molar-refractivity contribution in [2.75, 3.05) is 7.11 Å². The van der Waals surface area contributed by atoms with E-state index in [4.69, 9.17) is 4.74 Å². The fourth-order valence-corrected chi connectivity index (χ4v) is 1.97. The van der Waals surface area contributed by atoms with Crippen molar-refractivity contribution in [1.29, 1.82) is 0 Å². The first-order valence-corrected chi connectivity index (χ1v) is 6.78. The van der Waals surface area contributed by atoms with Crippen LogP contribution in [-0.2, 0) is 19.1 Å². The van der Waals surface area contributed by atoms with Crippen molar-refractivity contribution in [3.63, 3.8) is 0 Å². The Morgan fingerprint density at radius 1 is 1.22 bits per heavy atom. The molecule has 1 rings (SSSR count). The van der Waals surface area contributed by atoms with E-state index in [0.717, 1.165) is 13.3 Å². The maximum Gasteiger partial charge on any atom is 0.454 e. The number of rotatable bonds is 2. The first kappa shape index (κ1) is 19.0. The normalized spacial score (nSPS) is 19.0. The molecule has 0 saturated heterocycles. The Labute approximate surface area is 131 Å². The predicted molar refractivity (Wildman–Crippen MR) is 72.3 cm³/mol. The number of methoxy groups -OCH3 is 1. The molecule has 130 valence electrons. The van der Waals surface area contributed by atoms with Crippen LogP contribution in [0.25, 0.3) is 0 Å². The molecule has 0 aromatic rings. The molecule has 6 nitrogen and oxygen atoms in total. The molecule has 0 aromatic carbocycles. The minimum absolute atomic E-state index is 0.167. The number of esters is 1. The van der Waals surface area contributed by atoms with Gasteiger partial charge in [-0.15, -0.1) is 0 Å². The summed E-state index contributed by atoms with van der Waals surface area (Å²) in [5.74, 6) is -2.85. The van der Waals surface area contributed by atoms with Crippen molar-refractivity contribution in [1.82, 2.24) is 4.90 Å². The van der Waals surface area contributed by atoms with Crippen molar-refractivity contribution >= 4 is 17.8 Å². The van der Waals surface area contributed by atoms with Crippen LogP contribution in [0.4, 0.5) is 18.0 Å². The molecule has 0 bridgehead atoms. The van der Waals surface area contributed by atoms with Crippen LogP contribution in [-0.4, -0.2) is 47.7 Å². The largest absolute Gasteiger partial charge is 0.467 e. The maximum absolute atomic E-state index is 12.5. The highest BCUT2D eigenvalue weighted by Gasteiger charge is 2.44. The molecule has 0 radical (unpaired) electrons. The third-order valence-electron chi connectivity index (χ3n) is 2.94. The van der Waals surface area contributed by atoms with E-state index in [1.807, 2.05) is 0 Å². The van der Waals surface area contributed by atoms with E-state index in [-0.39, 0.29) is 12.8 Å². The Bertz CT molecular complexity index is 534. The monoisotopic (exact) mass is 337 g/mol. The molecular formula is C14H18F3NO5. The van der Waals surface area contributed by atoms with E-state index in [1.54, 1.807) is 20.8 Å². The molecule has 1 heterocycles. The summed E-state index contributed by atoms with van der Waals surface area (Å²) < 4.78 is 47.2. The van der Waals surface area contributed by atoms with Gasteiger partial charge < -0.3 is 9.47 Å². The lowest BCUT2D eigenvalue weighted by Gasteiger charge is -2.33. The molecule has 1 aliphatic heterocycles. The minimum atomic E-state index is -5.05. The molecule has 1 aliphatic rings. The van der Waals surface area contributed by atoms with E-state index in [0.29, 0.717) is 4.90 Å². The molecule has 1 amide bonds. The number of Topliss-reactive ketones (excluding diaryl/α,β-unsaturated/α-hetero) is 1. The van der Waals surface area contributed by atoms with Crippen LogP contribution in [0.1, 0.15) is 33.6 Å². The number of carbonyl (C=O) groups excluding carboxylic acids is 3. The molecule has 0 aliphatic carbocycles. The van der Waals surface area contributed by atoms with E-state index in [9.17, 15) is 27.6 Å². The fourth-order valence-electron chi connectivity index (χ4n) is 1.97. The zero-order chi connectivity index (χ0) is 18.0. The first-order chi connectivity index (χ1) is 10.4. The van der Waals surface area contributed by atoms with Crippen LogP contribution in [0, 0.1) is 0 Å². The van der Waals surface area contributed by atoms with Gasteiger partial charge in [0.2, 0.25) is 0 Å². The van der Waals surface area contributed by atoms with Gasteiger partial charge in [-0.05, 0) is 33.6 Å². The third-order valence-corrected chi connectivity index (χ3v) is 2.94. The van der Waals surface area contributed by atoms with Crippen molar-refractivity contribution in [2.24, 2.45) is 0 Å². The number of hydrogen-bond donors (Lipinski definition) is 0. The predicted octanol–water partition coefficient (Wildman–Crippen LogP) is 2.57. The van der Waals surface area contributed by atoms with Gasteiger partial charge in [0.15, 0.2) is 0 Å². The summed E-state index contributed by atoms with van der Waals surface area (Å²) >= 11 is 0. The lowest BCUT2D eigenvalue weighted by molar-refractivity contribution is -0.167. The number of carbonyl (C=O) groups is 3. The highest BCUT2D eigenvalue weighted by atomic mass is 19.4.